The Morgan fingerprint density at radius 2 is 1.81 bits per heavy atom. The van der Waals surface area contributed by atoms with Crippen LogP contribution in [0.5, 0.6) is 0 Å². The molecule has 92 valence electrons. The van der Waals surface area contributed by atoms with E-state index < -0.39 is 0 Å². The molecule has 4 nitrogen and oxygen atoms in total. The van der Waals surface area contributed by atoms with Gasteiger partial charge in [-0.15, -0.1) is 0 Å². The zero-order chi connectivity index (χ0) is 11.5. The van der Waals surface area contributed by atoms with Crippen LogP contribution in [0.4, 0.5) is 4.79 Å². The lowest BCUT2D eigenvalue weighted by atomic mass is 10.00. The van der Waals surface area contributed by atoms with Crippen LogP contribution in [-0.2, 0) is 0 Å². The fourth-order valence-electron chi connectivity index (χ4n) is 2.56. The van der Waals surface area contributed by atoms with Gasteiger partial charge in [0.2, 0.25) is 0 Å². The van der Waals surface area contributed by atoms with Gasteiger partial charge >= 0.3 is 6.03 Å². The van der Waals surface area contributed by atoms with Crippen molar-refractivity contribution < 1.29 is 9.90 Å². The molecule has 2 rings (SSSR count). The summed E-state index contributed by atoms with van der Waals surface area (Å²) in [6.45, 7) is 5.82. The Kier molecular flexibility index (Phi) is 3.69. The molecule has 0 spiro atoms. The molecule has 2 heterocycles. The largest absolute Gasteiger partial charge is 0.396 e. The highest BCUT2D eigenvalue weighted by molar-refractivity contribution is 5.74. The minimum absolute atomic E-state index is 0.183. The number of hydrogen-bond acceptors (Lipinski definition) is 2. The van der Waals surface area contributed by atoms with Gasteiger partial charge in [0.25, 0.3) is 0 Å². The first-order chi connectivity index (χ1) is 7.70. The maximum absolute atomic E-state index is 12.1. The van der Waals surface area contributed by atoms with Crippen LogP contribution in [0.25, 0.3) is 0 Å². The van der Waals surface area contributed by atoms with Gasteiger partial charge in [-0.3, -0.25) is 0 Å². The van der Waals surface area contributed by atoms with Gasteiger partial charge in [0.1, 0.15) is 0 Å². The molecule has 16 heavy (non-hydrogen) atoms. The number of rotatable bonds is 1. The van der Waals surface area contributed by atoms with Gasteiger partial charge < -0.3 is 14.9 Å². The van der Waals surface area contributed by atoms with Crippen LogP contribution in [0, 0.1) is 11.8 Å². The van der Waals surface area contributed by atoms with Crippen molar-refractivity contribution in [3.05, 3.63) is 0 Å². The Balaban J connectivity index is 1.83. The number of likely N-dealkylation sites (tertiary alicyclic amines) is 2. The van der Waals surface area contributed by atoms with Gasteiger partial charge in [0, 0.05) is 38.7 Å². The molecule has 1 unspecified atom stereocenters. The first-order valence-electron chi connectivity index (χ1n) is 6.35. The van der Waals surface area contributed by atoms with Crippen molar-refractivity contribution in [3.63, 3.8) is 0 Å². The van der Waals surface area contributed by atoms with E-state index in [1.54, 1.807) is 0 Å². The van der Waals surface area contributed by atoms with Crippen LogP contribution in [0.2, 0.25) is 0 Å². The first-order valence-corrected chi connectivity index (χ1v) is 6.35. The van der Waals surface area contributed by atoms with E-state index >= 15 is 0 Å². The monoisotopic (exact) mass is 226 g/mol. The summed E-state index contributed by atoms with van der Waals surface area (Å²) in [5, 5.41) is 9.06. The molecule has 0 aliphatic carbocycles. The Bertz CT molecular complexity index is 245. The third kappa shape index (κ3) is 2.48. The normalized spacial score (nSPS) is 27.5. The molecule has 1 N–H and O–H groups in total. The van der Waals surface area contributed by atoms with Gasteiger partial charge in [-0.05, 0) is 25.2 Å². The first kappa shape index (κ1) is 11.7. The molecule has 2 saturated heterocycles. The van der Waals surface area contributed by atoms with Gasteiger partial charge in [-0.25, -0.2) is 4.79 Å². The molecular weight excluding hydrogens is 204 g/mol. The van der Waals surface area contributed by atoms with Crippen molar-refractivity contribution in [2.24, 2.45) is 11.8 Å². The van der Waals surface area contributed by atoms with Crippen LogP contribution in [0.1, 0.15) is 26.2 Å². The molecule has 2 amide bonds. The summed E-state index contributed by atoms with van der Waals surface area (Å²) < 4.78 is 0. The topological polar surface area (TPSA) is 43.8 Å². The Morgan fingerprint density at radius 1 is 1.19 bits per heavy atom. The molecule has 0 saturated carbocycles. The highest BCUT2D eigenvalue weighted by Crippen LogP contribution is 2.21. The number of nitrogens with zero attached hydrogens (tertiary/aromatic N) is 2. The van der Waals surface area contributed by atoms with Crippen LogP contribution in [0.15, 0.2) is 0 Å². The fraction of sp³-hybridized carbons (Fsp3) is 0.917. The molecule has 0 radical (unpaired) electrons. The summed E-state index contributed by atoms with van der Waals surface area (Å²) in [4.78, 5) is 16.0. The summed E-state index contributed by atoms with van der Waals surface area (Å²) in [5.74, 6) is 1.06. The quantitative estimate of drug-likeness (QED) is 0.729. The zero-order valence-electron chi connectivity index (χ0n) is 10.1. The lowest BCUT2D eigenvalue weighted by molar-refractivity contribution is 0.139. The molecule has 1 atom stereocenters. The van der Waals surface area contributed by atoms with Gasteiger partial charge in [0.05, 0.1) is 0 Å². The Morgan fingerprint density at radius 3 is 2.38 bits per heavy atom. The number of aliphatic hydroxyl groups excluding tert-OH is 1. The SMILES string of the molecule is CC1CCN(C(=O)N2CCC(CO)C2)CC1. The molecule has 0 bridgehead atoms. The number of urea groups is 1. The standard InChI is InChI=1S/C12H22N2O2/c1-10-2-5-13(6-3-10)12(16)14-7-4-11(8-14)9-15/h10-11,15H,2-9H2,1H3. The van der Waals surface area contributed by atoms with Crippen LogP contribution >= 0.6 is 0 Å². The Hall–Kier alpha value is -0.770. The number of hydrogen-bond donors (Lipinski definition) is 1. The van der Waals surface area contributed by atoms with Crippen molar-refractivity contribution in [1.82, 2.24) is 9.80 Å². The molecule has 2 aliphatic heterocycles. The lowest BCUT2D eigenvalue weighted by Crippen LogP contribution is -2.45. The smallest absolute Gasteiger partial charge is 0.320 e. The van der Waals surface area contributed by atoms with E-state index in [2.05, 4.69) is 6.92 Å². The second-order valence-electron chi connectivity index (χ2n) is 5.24. The fourth-order valence-corrected chi connectivity index (χ4v) is 2.56. The molecule has 4 heteroatoms. The number of carbonyl (C=O) groups excluding carboxylic acids is 1. The van der Waals surface area contributed by atoms with Gasteiger partial charge in [-0.2, -0.15) is 0 Å². The minimum atomic E-state index is 0.183. The summed E-state index contributed by atoms with van der Waals surface area (Å²) in [6, 6.07) is 0.183. The molecule has 0 aromatic rings. The number of amides is 2. The molecule has 2 fully saturated rings. The second-order valence-corrected chi connectivity index (χ2v) is 5.24. The molecule has 2 aliphatic rings. The average molecular weight is 226 g/mol. The number of carbonyl (C=O) groups is 1. The van der Waals surface area contributed by atoms with Crippen molar-refractivity contribution >= 4 is 6.03 Å². The summed E-state index contributed by atoms with van der Waals surface area (Å²) in [7, 11) is 0. The third-order valence-electron chi connectivity index (χ3n) is 3.87. The van der Waals surface area contributed by atoms with E-state index in [4.69, 9.17) is 5.11 Å². The second kappa shape index (κ2) is 5.04. The van der Waals surface area contributed by atoms with Gasteiger partial charge in [0.15, 0.2) is 0 Å². The highest BCUT2D eigenvalue weighted by Gasteiger charge is 2.30. The predicted octanol–water partition coefficient (Wildman–Crippen LogP) is 1.15. The Labute approximate surface area is 97.2 Å². The summed E-state index contributed by atoms with van der Waals surface area (Å²) >= 11 is 0. The van der Waals surface area contributed by atoms with Crippen molar-refractivity contribution in [2.45, 2.75) is 26.2 Å². The summed E-state index contributed by atoms with van der Waals surface area (Å²) in [5.41, 5.74) is 0. The van der Waals surface area contributed by atoms with Crippen molar-refractivity contribution in [3.8, 4) is 0 Å². The van der Waals surface area contributed by atoms with E-state index in [0.29, 0.717) is 5.92 Å². The van der Waals surface area contributed by atoms with Crippen LogP contribution < -0.4 is 0 Å². The van der Waals surface area contributed by atoms with Crippen LogP contribution in [0.3, 0.4) is 0 Å². The molecular formula is C12H22N2O2. The van der Waals surface area contributed by atoms with Crippen molar-refractivity contribution in [2.75, 3.05) is 32.8 Å². The highest BCUT2D eigenvalue weighted by atomic mass is 16.3. The summed E-state index contributed by atoms with van der Waals surface area (Å²) in [6.07, 6.45) is 3.21. The molecule has 0 aromatic heterocycles. The maximum Gasteiger partial charge on any atom is 0.320 e. The van der Waals surface area contributed by atoms with E-state index in [-0.39, 0.29) is 12.6 Å². The number of piperidine rings is 1. The van der Waals surface area contributed by atoms with E-state index in [1.165, 1.54) is 0 Å². The zero-order valence-corrected chi connectivity index (χ0v) is 10.1. The number of aliphatic hydroxyl groups is 1. The molecule has 0 aromatic carbocycles. The van der Waals surface area contributed by atoms with E-state index in [0.717, 1.165) is 51.4 Å². The van der Waals surface area contributed by atoms with Gasteiger partial charge in [-0.1, -0.05) is 6.92 Å². The minimum Gasteiger partial charge on any atom is -0.396 e. The van der Waals surface area contributed by atoms with Crippen molar-refractivity contribution in [1.29, 1.82) is 0 Å². The average Bonchev–Trinajstić information content (AvgIpc) is 2.77. The lowest BCUT2D eigenvalue weighted by Gasteiger charge is -2.33. The van der Waals surface area contributed by atoms with E-state index in [9.17, 15) is 4.79 Å². The van der Waals surface area contributed by atoms with E-state index in [1.807, 2.05) is 9.80 Å². The third-order valence-corrected chi connectivity index (χ3v) is 3.87. The predicted molar refractivity (Wildman–Crippen MR) is 62.1 cm³/mol. The van der Waals surface area contributed by atoms with Crippen LogP contribution in [-0.4, -0.2) is 53.7 Å². The maximum atomic E-state index is 12.1.